The van der Waals surface area contributed by atoms with Crippen molar-refractivity contribution in [1.82, 2.24) is 14.9 Å². The van der Waals surface area contributed by atoms with Gasteiger partial charge in [0.1, 0.15) is 0 Å². The van der Waals surface area contributed by atoms with Crippen molar-refractivity contribution in [2.75, 3.05) is 6.54 Å². The second-order valence-electron chi connectivity index (χ2n) is 4.67. The van der Waals surface area contributed by atoms with Crippen molar-refractivity contribution in [2.24, 2.45) is 0 Å². The van der Waals surface area contributed by atoms with Crippen LogP contribution in [0.15, 0.2) is 30.6 Å². The molecule has 3 rings (SSSR count). The summed E-state index contributed by atoms with van der Waals surface area (Å²) in [6.07, 6.45) is 1.96. The number of nitrogens with one attached hydrogen (secondary N) is 1. The minimum Gasteiger partial charge on any atom is -0.326 e. The SMILES string of the molecule is Cc1ncn(C2CNCc3ccccc32)c1C. The number of fused-ring (bicyclic) bond motifs is 1. The number of hydrogen-bond acceptors (Lipinski definition) is 2. The molecule has 0 saturated carbocycles. The Morgan fingerprint density at radius 1 is 1.29 bits per heavy atom. The highest BCUT2D eigenvalue weighted by Crippen LogP contribution is 2.26. The van der Waals surface area contributed by atoms with Crippen LogP contribution < -0.4 is 5.32 Å². The molecule has 0 aliphatic carbocycles. The number of rotatable bonds is 1. The first kappa shape index (κ1) is 10.5. The highest BCUT2D eigenvalue weighted by atomic mass is 15.1. The van der Waals surface area contributed by atoms with E-state index in [2.05, 4.69) is 53.0 Å². The lowest BCUT2D eigenvalue weighted by Crippen LogP contribution is -2.32. The summed E-state index contributed by atoms with van der Waals surface area (Å²) in [5, 5.41) is 3.48. The first-order chi connectivity index (χ1) is 8.27. The molecule has 1 aromatic carbocycles. The van der Waals surface area contributed by atoms with Gasteiger partial charge in [-0.1, -0.05) is 24.3 Å². The maximum Gasteiger partial charge on any atom is 0.0957 e. The normalized spacial score (nSPS) is 19.1. The molecular formula is C14H17N3. The van der Waals surface area contributed by atoms with Crippen LogP contribution in [0.1, 0.15) is 28.6 Å². The minimum atomic E-state index is 0.376. The van der Waals surface area contributed by atoms with Gasteiger partial charge in [0.15, 0.2) is 0 Å². The van der Waals surface area contributed by atoms with Gasteiger partial charge in [0, 0.05) is 18.8 Å². The lowest BCUT2D eigenvalue weighted by atomic mass is 9.96. The number of aromatic nitrogens is 2. The first-order valence-electron chi connectivity index (χ1n) is 6.06. The quantitative estimate of drug-likeness (QED) is 0.809. The maximum atomic E-state index is 4.40. The van der Waals surface area contributed by atoms with Crippen LogP contribution in [-0.2, 0) is 6.54 Å². The molecule has 2 aromatic rings. The Labute approximate surface area is 101 Å². The largest absolute Gasteiger partial charge is 0.326 e. The maximum absolute atomic E-state index is 4.40. The van der Waals surface area contributed by atoms with Gasteiger partial charge in [0.2, 0.25) is 0 Å². The van der Waals surface area contributed by atoms with Gasteiger partial charge >= 0.3 is 0 Å². The fraction of sp³-hybridized carbons (Fsp3) is 0.357. The summed E-state index contributed by atoms with van der Waals surface area (Å²) in [6.45, 7) is 6.15. The molecule has 0 amide bonds. The lowest BCUT2D eigenvalue weighted by Gasteiger charge is -2.28. The summed E-state index contributed by atoms with van der Waals surface area (Å²) in [5.74, 6) is 0. The van der Waals surface area contributed by atoms with E-state index in [4.69, 9.17) is 0 Å². The van der Waals surface area contributed by atoms with Crippen LogP contribution in [-0.4, -0.2) is 16.1 Å². The van der Waals surface area contributed by atoms with Crippen LogP contribution in [0.4, 0.5) is 0 Å². The molecule has 1 aliphatic rings. The standard InChI is InChI=1S/C14H17N3/c1-10-11(2)17(9-16-10)14-8-15-7-12-5-3-4-6-13(12)14/h3-6,9,14-15H,7-8H2,1-2H3. The van der Waals surface area contributed by atoms with E-state index in [1.54, 1.807) is 0 Å². The van der Waals surface area contributed by atoms with Crippen molar-refractivity contribution >= 4 is 0 Å². The third kappa shape index (κ3) is 1.67. The predicted molar refractivity (Wildman–Crippen MR) is 68.0 cm³/mol. The third-order valence-corrected chi connectivity index (χ3v) is 3.69. The summed E-state index contributed by atoms with van der Waals surface area (Å²) in [4.78, 5) is 4.40. The molecule has 0 radical (unpaired) electrons. The van der Waals surface area contributed by atoms with Gasteiger partial charge in [-0.2, -0.15) is 0 Å². The van der Waals surface area contributed by atoms with Crippen molar-refractivity contribution in [3.63, 3.8) is 0 Å². The topological polar surface area (TPSA) is 29.9 Å². The molecule has 3 nitrogen and oxygen atoms in total. The molecule has 1 aliphatic heterocycles. The Morgan fingerprint density at radius 2 is 2.12 bits per heavy atom. The van der Waals surface area contributed by atoms with Gasteiger partial charge in [0.25, 0.3) is 0 Å². The Balaban J connectivity index is 2.09. The molecule has 1 N–H and O–H groups in total. The molecule has 0 fully saturated rings. The zero-order valence-electron chi connectivity index (χ0n) is 10.3. The molecule has 0 bridgehead atoms. The van der Waals surface area contributed by atoms with E-state index in [1.165, 1.54) is 16.8 Å². The van der Waals surface area contributed by atoms with Crippen LogP contribution in [0.5, 0.6) is 0 Å². The van der Waals surface area contributed by atoms with E-state index in [9.17, 15) is 0 Å². The number of benzene rings is 1. The van der Waals surface area contributed by atoms with Crippen molar-refractivity contribution in [1.29, 1.82) is 0 Å². The summed E-state index contributed by atoms with van der Waals surface area (Å²) in [5.41, 5.74) is 5.20. The smallest absolute Gasteiger partial charge is 0.0957 e. The minimum absolute atomic E-state index is 0.376. The second kappa shape index (κ2) is 4.00. The average Bonchev–Trinajstić information content (AvgIpc) is 2.69. The van der Waals surface area contributed by atoms with Crippen LogP contribution in [0.25, 0.3) is 0 Å². The number of nitrogens with zero attached hydrogens (tertiary/aromatic N) is 2. The Morgan fingerprint density at radius 3 is 2.88 bits per heavy atom. The number of aryl methyl sites for hydroxylation is 1. The van der Waals surface area contributed by atoms with Gasteiger partial charge in [-0.05, 0) is 25.0 Å². The fourth-order valence-corrected chi connectivity index (χ4v) is 2.55. The van der Waals surface area contributed by atoms with E-state index in [1.807, 2.05) is 6.33 Å². The average molecular weight is 227 g/mol. The molecule has 0 saturated heterocycles. The van der Waals surface area contributed by atoms with Crippen molar-refractivity contribution in [3.05, 3.63) is 53.1 Å². The predicted octanol–water partition coefficient (Wildman–Crippen LogP) is 2.19. The summed E-state index contributed by atoms with van der Waals surface area (Å²) < 4.78 is 2.28. The zero-order chi connectivity index (χ0) is 11.8. The van der Waals surface area contributed by atoms with E-state index < -0.39 is 0 Å². The van der Waals surface area contributed by atoms with Crippen LogP contribution in [0, 0.1) is 13.8 Å². The number of imidazole rings is 1. The van der Waals surface area contributed by atoms with Gasteiger partial charge in [-0.25, -0.2) is 4.98 Å². The molecule has 2 heterocycles. The van der Waals surface area contributed by atoms with Gasteiger partial charge in [-0.3, -0.25) is 0 Å². The fourth-order valence-electron chi connectivity index (χ4n) is 2.55. The summed E-state index contributed by atoms with van der Waals surface area (Å²) >= 11 is 0. The van der Waals surface area contributed by atoms with Gasteiger partial charge < -0.3 is 9.88 Å². The van der Waals surface area contributed by atoms with Crippen LogP contribution >= 0.6 is 0 Å². The molecule has 1 aromatic heterocycles. The number of hydrogen-bond donors (Lipinski definition) is 1. The Hall–Kier alpha value is -1.61. The van der Waals surface area contributed by atoms with E-state index in [0.29, 0.717) is 6.04 Å². The van der Waals surface area contributed by atoms with Crippen LogP contribution in [0.3, 0.4) is 0 Å². The Bertz CT molecular complexity index is 542. The summed E-state index contributed by atoms with van der Waals surface area (Å²) in [6, 6.07) is 9.04. The van der Waals surface area contributed by atoms with Crippen molar-refractivity contribution in [3.8, 4) is 0 Å². The van der Waals surface area contributed by atoms with Gasteiger partial charge in [-0.15, -0.1) is 0 Å². The van der Waals surface area contributed by atoms with Gasteiger partial charge in [0.05, 0.1) is 18.1 Å². The highest BCUT2D eigenvalue weighted by Gasteiger charge is 2.22. The van der Waals surface area contributed by atoms with Crippen molar-refractivity contribution in [2.45, 2.75) is 26.4 Å². The first-order valence-corrected chi connectivity index (χ1v) is 6.06. The van der Waals surface area contributed by atoms with E-state index >= 15 is 0 Å². The molecular weight excluding hydrogens is 210 g/mol. The van der Waals surface area contributed by atoms with Crippen LogP contribution in [0.2, 0.25) is 0 Å². The summed E-state index contributed by atoms with van der Waals surface area (Å²) in [7, 11) is 0. The monoisotopic (exact) mass is 227 g/mol. The Kier molecular flexibility index (Phi) is 2.48. The second-order valence-corrected chi connectivity index (χ2v) is 4.67. The third-order valence-electron chi connectivity index (χ3n) is 3.69. The van der Waals surface area contributed by atoms with Crippen molar-refractivity contribution < 1.29 is 0 Å². The molecule has 1 atom stereocenters. The van der Waals surface area contributed by atoms with E-state index in [0.717, 1.165) is 18.8 Å². The highest BCUT2D eigenvalue weighted by molar-refractivity contribution is 5.33. The molecule has 17 heavy (non-hydrogen) atoms. The molecule has 1 unspecified atom stereocenters. The zero-order valence-corrected chi connectivity index (χ0v) is 10.3. The molecule has 3 heteroatoms. The lowest BCUT2D eigenvalue weighted by molar-refractivity contribution is 0.480. The molecule has 88 valence electrons. The molecule has 0 spiro atoms. The van der Waals surface area contributed by atoms with E-state index in [-0.39, 0.29) is 0 Å².